The molecule has 0 N–H and O–H groups in total. The first kappa shape index (κ1) is 24.9. The second-order valence-corrected chi connectivity index (χ2v) is 9.84. The predicted molar refractivity (Wildman–Crippen MR) is 96.5 cm³/mol. The Labute approximate surface area is 153 Å². The first-order valence-corrected chi connectivity index (χ1v) is 11.3. The fraction of sp³-hybridized carbons (Fsp3) is 1.00. The summed E-state index contributed by atoms with van der Waals surface area (Å²) in [7, 11) is 4.52. The van der Waals surface area contributed by atoms with Gasteiger partial charge in [-0.2, -0.15) is 0 Å². The standard InChI is InChI=1S/C16H36O8Si/c1-17-5-9-21-13-25(14-22-10-6-18-2,15-23-11-7-19-3)16-24-12-8-20-4/h5-16H2,1-4H3. The van der Waals surface area contributed by atoms with E-state index in [0.717, 1.165) is 0 Å². The molecule has 0 aromatic carbocycles. The van der Waals surface area contributed by atoms with Gasteiger partial charge in [0.05, 0.1) is 52.9 Å². The Bertz CT molecular complexity index is 217. The fourth-order valence-corrected chi connectivity index (χ4v) is 4.78. The van der Waals surface area contributed by atoms with Crippen molar-refractivity contribution in [1.82, 2.24) is 0 Å². The molecule has 9 heteroatoms. The SMILES string of the molecule is COCCOC[Si](COCCOC)(COCCOC)COCCOC. The van der Waals surface area contributed by atoms with Crippen LogP contribution in [0.4, 0.5) is 0 Å². The van der Waals surface area contributed by atoms with Gasteiger partial charge in [0, 0.05) is 53.4 Å². The van der Waals surface area contributed by atoms with Crippen LogP contribution >= 0.6 is 0 Å². The minimum atomic E-state index is -2.11. The van der Waals surface area contributed by atoms with Gasteiger partial charge in [0.15, 0.2) is 8.07 Å². The Morgan fingerprint density at radius 3 is 0.840 bits per heavy atom. The molecule has 0 rings (SSSR count). The third-order valence-electron chi connectivity index (χ3n) is 3.36. The van der Waals surface area contributed by atoms with Crippen molar-refractivity contribution < 1.29 is 37.9 Å². The third kappa shape index (κ3) is 14.7. The molecule has 0 radical (unpaired) electrons. The minimum absolute atomic E-state index is 0.541. The van der Waals surface area contributed by atoms with Gasteiger partial charge < -0.3 is 37.9 Å². The summed E-state index contributed by atoms with van der Waals surface area (Å²) in [6, 6.07) is 0. The molecule has 152 valence electrons. The van der Waals surface area contributed by atoms with Crippen LogP contribution in [0.3, 0.4) is 0 Å². The molecule has 0 heterocycles. The molecule has 0 atom stereocenters. The molecular formula is C16H36O8Si. The Hall–Kier alpha value is -0.103. The normalized spacial score (nSPS) is 12.0. The number of methoxy groups -OCH3 is 4. The monoisotopic (exact) mass is 384 g/mol. The van der Waals surface area contributed by atoms with Gasteiger partial charge in [0.25, 0.3) is 0 Å². The molecule has 0 fully saturated rings. The summed E-state index contributed by atoms with van der Waals surface area (Å²) < 4.78 is 43.4. The summed E-state index contributed by atoms with van der Waals surface area (Å²) in [5.41, 5.74) is 0. The van der Waals surface area contributed by atoms with Gasteiger partial charge in [0.2, 0.25) is 0 Å². The molecular weight excluding hydrogens is 348 g/mol. The summed E-state index contributed by atoms with van der Waals surface area (Å²) in [4.78, 5) is 0. The van der Waals surface area contributed by atoms with Gasteiger partial charge in [-0.25, -0.2) is 0 Å². The van der Waals surface area contributed by atoms with Gasteiger partial charge in [-0.1, -0.05) is 0 Å². The van der Waals surface area contributed by atoms with Crippen LogP contribution in [-0.4, -0.2) is 114 Å². The lowest BCUT2D eigenvalue weighted by molar-refractivity contribution is 0.0509. The van der Waals surface area contributed by atoms with Crippen molar-refractivity contribution in [3.63, 3.8) is 0 Å². The molecule has 0 aliphatic heterocycles. The molecule has 0 aromatic heterocycles. The highest BCUT2D eigenvalue weighted by molar-refractivity contribution is 6.79. The second kappa shape index (κ2) is 18.7. The molecule has 0 amide bonds. The van der Waals surface area contributed by atoms with Crippen molar-refractivity contribution in [2.24, 2.45) is 0 Å². The Balaban J connectivity index is 4.62. The maximum Gasteiger partial charge on any atom is 0.167 e. The van der Waals surface area contributed by atoms with Crippen LogP contribution in [0.5, 0.6) is 0 Å². The number of hydrogen-bond donors (Lipinski definition) is 0. The molecule has 25 heavy (non-hydrogen) atoms. The van der Waals surface area contributed by atoms with Gasteiger partial charge in [-0.05, 0) is 0 Å². The Kier molecular flexibility index (Phi) is 18.6. The van der Waals surface area contributed by atoms with Gasteiger partial charge in [0.1, 0.15) is 0 Å². The van der Waals surface area contributed by atoms with E-state index >= 15 is 0 Å². The van der Waals surface area contributed by atoms with E-state index in [1.165, 1.54) is 0 Å². The number of hydrogen-bond acceptors (Lipinski definition) is 8. The average Bonchev–Trinajstić information content (AvgIpc) is 2.63. The zero-order valence-corrected chi connectivity index (χ0v) is 17.3. The van der Waals surface area contributed by atoms with Crippen molar-refractivity contribution >= 4 is 8.07 Å². The lowest BCUT2D eigenvalue weighted by atomic mass is 10.8. The van der Waals surface area contributed by atoms with E-state index < -0.39 is 8.07 Å². The van der Waals surface area contributed by atoms with Crippen LogP contribution in [0.1, 0.15) is 0 Å². The molecule has 0 saturated carbocycles. The van der Waals surface area contributed by atoms with Crippen LogP contribution in [-0.2, 0) is 37.9 Å². The van der Waals surface area contributed by atoms with Crippen molar-refractivity contribution in [2.45, 2.75) is 0 Å². The highest BCUT2D eigenvalue weighted by Crippen LogP contribution is 2.08. The molecule has 8 nitrogen and oxygen atoms in total. The number of ether oxygens (including phenoxy) is 8. The van der Waals surface area contributed by atoms with E-state index in [9.17, 15) is 0 Å². The van der Waals surface area contributed by atoms with Gasteiger partial charge >= 0.3 is 0 Å². The summed E-state index contributed by atoms with van der Waals surface area (Å²) in [6.07, 6.45) is 2.35. The van der Waals surface area contributed by atoms with Crippen LogP contribution < -0.4 is 0 Å². The van der Waals surface area contributed by atoms with E-state index in [0.29, 0.717) is 77.8 Å². The van der Waals surface area contributed by atoms with E-state index in [4.69, 9.17) is 37.9 Å². The van der Waals surface area contributed by atoms with Crippen LogP contribution in [0.25, 0.3) is 0 Å². The number of rotatable bonds is 20. The summed E-state index contributed by atoms with van der Waals surface area (Å²) in [6.45, 7) is 4.40. The van der Waals surface area contributed by atoms with Crippen molar-refractivity contribution in [3.05, 3.63) is 0 Å². The quantitative estimate of drug-likeness (QED) is 0.218. The average molecular weight is 385 g/mol. The van der Waals surface area contributed by atoms with Gasteiger partial charge in [-0.3, -0.25) is 0 Å². The molecule has 0 aliphatic carbocycles. The maximum absolute atomic E-state index is 5.81. The maximum atomic E-state index is 5.81. The van der Waals surface area contributed by atoms with Crippen LogP contribution in [0.15, 0.2) is 0 Å². The Morgan fingerprint density at radius 2 is 0.640 bits per heavy atom. The lowest BCUT2D eigenvalue weighted by Gasteiger charge is -2.30. The zero-order valence-electron chi connectivity index (χ0n) is 16.3. The van der Waals surface area contributed by atoms with E-state index in [2.05, 4.69) is 0 Å². The molecule has 0 saturated heterocycles. The molecule has 0 aliphatic rings. The topological polar surface area (TPSA) is 73.8 Å². The minimum Gasteiger partial charge on any atom is -0.382 e. The van der Waals surface area contributed by atoms with Crippen LogP contribution in [0, 0.1) is 0 Å². The van der Waals surface area contributed by atoms with Gasteiger partial charge in [-0.15, -0.1) is 0 Å². The molecule has 0 aromatic rings. The van der Waals surface area contributed by atoms with Crippen molar-refractivity contribution in [1.29, 1.82) is 0 Å². The molecule has 0 spiro atoms. The highest BCUT2D eigenvalue weighted by atomic mass is 28.3. The predicted octanol–water partition coefficient (Wildman–Crippen LogP) is 0.244. The first-order chi connectivity index (χ1) is 12.2. The molecule has 0 bridgehead atoms. The van der Waals surface area contributed by atoms with Crippen LogP contribution in [0.2, 0.25) is 0 Å². The van der Waals surface area contributed by atoms with E-state index in [1.807, 2.05) is 0 Å². The first-order valence-electron chi connectivity index (χ1n) is 8.51. The summed E-state index contributed by atoms with van der Waals surface area (Å²) >= 11 is 0. The van der Waals surface area contributed by atoms with E-state index in [-0.39, 0.29) is 0 Å². The molecule has 0 unspecified atom stereocenters. The Morgan fingerprint density at radius 1 is 0.400 bits per heavy atom. The lowest BCUT2D eigenvalue weighted by Crippen LogP contribution is -2.56. The highest BCUT2D eigenvalue weighted by Gasteiger charge is 2.35. The smallest absolute Gasteiger partial charge is 0.167 e. The summed E-state index contributed by atoms with van der Waals surface area (Å²) in [5, 5.41) is 0. The second-order valence-electron chi connectivity index (χ2n) is 5.68. The summed E-state index contributed by atoms with van der Waals surface area (Å²) in [5.74, 6) is 0. The van der Waals surface area contributed by atoms with E-state index in [1.54, 1.807) is 28.4 Å². The third-order valence-corrected chi connectivity index (χ3v) is 6.63. The van der Waals surface area contributed by atoms with Crippen molar-refractivity contribution in [2.75, 3.05) is 106 Å². The fourth-order valence-electron chi connectivity index (χ4n) is 1.97. The zero-order chi connectivity index (χ0) is 18.6. The van der Waals surface area contributed by atoms with Crippen molar-refractivity contribution in [3.8, 4) is 0 Å². The largest absolute Gasteiger partial charge is 0.382 e.